The highest BCUT2D eigenvalue weighted by Crippen LogP contribution is 2.39. The van der Waals surface area contributed by atoms with Crippen molar-refractivity contribution in [2.45, 2.75) is 0 Å². The summed E-state index contributed by atoms with van der Waals surface area (Å²) in [6.07, 6.45) is 0. The minimum Gasteiger partial charge on any atom is -0.245 e. The zero-order chi connectivity index (χ0) is 30.5. The number of hydrogen-bond acceptors (Lipinski definition) is 4. The van der Waals surface area contributed by atoms with Gasteiger partial charge in [-0.15, -0.1) is 0 Å². The molecular weight excluding hydrogens is 560 g/mol. The number of nitrogens with zero attached hydrogens (tertiary/aromatic N) is 4. The summed E-state index contributed by atoms with van der Waals surface area (Å²) in [5.41, 5.74) is 11.3. The fraction of sp³-hybridized carbons (Fsp3) is 0. The molecular formula is C42H26N4. The van der Waals surface area contributed by atoms with Crippen molar-refractivity contribution in [3.8, 4) is 45.0 Å². The zero-order valence-electron chi connectivity index (χ0n) is 24.8. The summed E-state index contributed by atoms with van der Waals surface area (Å²) in [6.45, 7) is 0. The maximum Gasteiger partial charge on any atom is 0.0979 e. The summed E-state index contributed by atoms with van der Waals surface area (Å²) in [4.78, 5) is 20.7. The quantitative estimate of drug-likeness (QED) is 0.193. The second-order valence-corrected chi connectivity index (χ2v) is 11.4. The lowest BCUT2D eigenvalue weighted by Crippen LogP contribution is -1.97. The Kier molecular flexibility index (Phi) is 6.10. The van der Waals surface area contributed by atoms with Gasteiger partial charge in [0, 0.05) is 33.0 Å². The minimum absolute atomic E-state index is 0.864. The molecule has 9 rings (SSSR count). The van der Waals surface area contributed by atoms with Crippen LogP contribution in [0, 0.1) is 0 Å². The van der Waals surface area contributed by atoms with E-state index in [9.17, 15) is 0 Å². The summed E-state index contributed by atoms with van der Waals surface area (Å²) < 4.78 is 0. The number of pyridine rings is 2. The smallest absolute Gasteiger partial charge is 0.0979 e. The molecule has 4 nitrogen and oxygen atoms in total. The maximum absolute atomic E-state index is 5.28. The summed E-state index contributed by atoms with van der Waals surface area (Å²) >= 11 is 0. The summed E-state index contributed by atoms with van der Waals surface area (Å²) in [5.74, 6) is 0. The van der Waals surface area contributed by atoms with E-state index in [4.69, 9.17) is 19.9 Å². The molecule has 0 bridgehead atoms. The Morgan fingerprint density at radius 1 is 0.304 bits per heavy atom. The van der Waals surface area contributed by atoms with E-state index in [1.807, 2.05) is 60.7 Å². The second-order valence-electron chi connectivity index (χ2n) is 11.4. The lowest BCUT2D eigenvalue weighted by atomic mass is 9.93. The average Bonchev–Trinajstić information content (AvgIpc) is 3.14. The highest BCUT2D eigenvalue weighted by atomic mass is 14.8. The second kappa shape index (κ2) is 10.7. The van der Waals surface area contributed by atoms with Crippen molar-refractivity contribution in [3.63, 3.8) is 0 Å². The Bertz CT molecular complexity index is 2580. The van der Waals surface area contributed by atoms with Crippen molar-refractivity contribution >= 4 is 43.6 Å². The van der Waals surface area contributed by atoms with Crippen molar-refractivity contribution in [2.24, 2.45) is 0 Å². The van der Waals surface area contributed by atoms with E-state index < -0.39 is 0 Å². The molecule has 214 valence electrons. The summed E-state index contributed by atoms with van der Waals surface area (Å²) in [7, 11) is 0. The molecule has 3 aromatic heterocycles. The van der Waals surface area contributed by atoms with E-state index in [-0.39, 0.29) is 0 Å². The van der Waals surface area contributed by atoms with Gasteiger partial charge in [0.2, 0.25) is 0 Å². The highest BCUT2D eigenvalue weighted by Gasteiger charge is 2.18. The van der Waals surface area contributed by atoms with Crippen LogP contribution in [0.5, 0.6) is 0 Å². The molecule has 0 aliphatic carbocycles. The van der Waals surface area contributed by atoms with Crippen LogP contribution in [-0.2, 0) is 0 Å². The predicted octanol–water partition coefficient (Wildman–Crippen LogP) is 10.5. The molecule has 0 saturated heterocycles. The Labute approximate surface area is 265 Å². The number of aromatic nitrogens is 4. The Morgan fingerprint density at radius 2 is 0.783 bits per heavy atom. The number of para-hydroxylation sites is 2. The maximum atomic E-state index is 5.28. The zero-order valence-corrected chi connectivity index (χ0v) is 24.8. The molecule has 6 aromatic carbocycles. The lowest BCUT2D eigenvalue weighted by molar-refractivity contribution is 1.30. The van der Waals surface area contributed by atoms with E-state index in [0.29, 0.717) is 0 Å². The molecule has 0 aliphatic rings. The van der Waals surface area contributed by atoms with Crippen molar-refractivity contribution < 1.29 is 0 Å². The number of rotatable bonds is 4. The van der Waals surface area contributed by atoms with Crippen LogP contribution < -0.4 is 0 Å². The molecule has 0 atom stereocenters. The van der Waals surface area contributed by atoms with Gasteiger partial charge in [-0.2, -0.15) is 0 Å². The molecule has 9 aromatic rings. The van der Waals surface area contributed by atoms with Crippen LogP contribution in [0.3, 0.4) is 0 Å². The highest BCUT2D eigenvalue weighted by molar-refractivity contribution is 6.08. The Morgan fingerprint density at radius 3 is 1.46 bits per heavy atom. The van der Waals surface area contributed by atoms with E-state index in [2.05, 4.69) is 97.1 Å². The third-order valence-electron chi connectivity index (χ3n) is 8.66. The van der Waals surface area contributed by atoms with Crippen LogP contribution in [0.2, 0.25) is 0 Å². The molecule has 0 N–H and O–H groups in total. The van der Waals surface area contributed by atoms with Crippen molar-refractivity contribution in [1.29, 1.82) is 0 Å². The first-order valence-electron chi connectivity index (χ1n) is 15.4. The van der Waals surface area contributed by atoms with Gasteiger partial charge in [-0.25, -0.2) is 19.9 Å². The van der Waals surface area contributed by atoms with Gasteiger partial charge in [-0.3, -0.25) is 0 Å². The van der Waals surface area contributed by atoms with Crippen LogP contribution >= 0.6 is 0 Å². The molecule has 3 heterocycles. The van der Waals surface area contributed by atoms with Gasteiger partial charge < -0.3 is 0 Å². The van der Waals surface area contributed by atoms with Crippen LogP contribution in [0.25, 0.3) is 88.6 Å². The molecule has 46 heavy (non-hydrogen) atoms. The van der Waals surface area contributed by atoms with Crippen LogP contribution in [0.1, 0.15) is 0 Å². The standard InChI is InChI=1S/C42H26N4/c1-3-11-27(12-4-1)35-25-21-29-19-20-30-22-26-36(44-40(30)39(29)43-35)33-23-24-34(32-16-8-7-15-31(32)33)42-41(28-13-5-2-6-14-28)45-37-17-9-10-18-38(37)46-42/h1-26H. The van der Waals surface area contributed by atoms with Crippen molar-refractivity contribution in [3.05, 3.63) is 158 Å². The van der Waals surface area contributed by atoms with Crippen LogP contribution in [-0.4, -0.2) is 19.9 Å². The lowest BCUT2D eigenvalue weighted by Gasteiger charge is -2.15. The molecule has 4 heteroatoms. The minimum atomic E-state index is 0.864. The molecule has 0 spiro atoms. The van der Waals surface area contributed by atoms with E-state index >= 15 is 0 Å². The predicted molar refractivity (Wildman–Crippen MR) is 189 cm³/mol. The van der Waals surface area contributed by atoms with Gasteiger partial charge in [0.1, 0.15) is 0 Å². The summed E-state index contributed by atoms with van der Waals surface area (Å²) in [5, 5.41) is 4.35. The van der Waals surface area contributed by atoms with Gasteiger partial charge in [0.15, 0.2) is 0 Å². The molecule has 0 amide bonds. The van der Waals surface area contributed by atoms with Crippen molar-refractivity contribution in [1.82, 2.24) is 19.9 Å². The van der Waals surface area contributed by atoms with Gasteiger partial charge in [0.05, 0.1) is 44.8 Å². The third-order valence-corrected chi connectivity index (χ3v) is 8.66. The Balaban J connectivity index is 1.25. The average molecular weight is 587 g/mol. The fourth-order valence-electron chi connectivity index (χ4n) is 6.40. The van der Waals surface area contributed by atoms with E-state index in [1.165, 1.54) is 0 Å². The normalized spacial score (nSPS) is 11.5. The van der Waals surface area contributed by atoms with Crippen molar-refractivity contribution in [2.75, 3.05) is 0 Å². The molecule has 0 fully saturated rings. The SMILES string of the molecule is c1ccc(-c2ccc3ccc4ccc(-c5ccc(-c6nc7ccccc7nc6-c6ccccc6)c6ccccc56)nc4c3n2)cc1. The first-order valence-corrected chi connectivity index (χ1v) is 15.4. The molecule has 0 radical (unpaired) electrons. The number of fused-ring (bicyclic) bond motifs is 5. The topological polar surface area (TPSA) is 51.6 Å². The van der Waals surface area contributed by atoms with Crippen LogP contribution in [0.4, 0.5) is 0 Å². The number of benzene rings is 6. The summed E-state index contributed by atoms with van der Waals surface area (Å²) in [6, 6.07) is 54.3. The fourth-order valence-corrected chi connectivity index (χ4v) is 6.40. The van der Waals surface area contributed by atoms with E-state index in [1.54, 1.807) is 0 Å². The largest absolute Gasteiger partial charge is 0.245 e. The Hall–Kier alpha value is -6.26. The molecule has 0 saturated carbocycles. The first kappa shape index (κ1) is 26.2. The van der Waals surface area contributed by atoms with Gasteiger partial charge in [-0.1, -0.05) is 133 Å². The monoisotopic (exact) mass is 586 g/mol. The molecule has 0 aliphatic heterocycles. The van der Waals surface area contributed by atoms with Gasteiger partial charge >= 0.3 is 0 Å². The van der Waals surface area contributed by atoms with Crippen LogP contribution in [0.15, 0.2) is 158 Å². The van der Waals surface area contributed by atoms with Gasteiger partial charge in [0.25, 0.3) is 0 Å². The first-order chi connectivity index (χ1) is 22.8. The number of hydrogen-bond donors (Lipinski definition) is 0. The van der Waals surface area contributed by atoms with Gasteiger partial charge in [-0.05, 0) is 35.0 Å². The van der Waals surface area contributed by atoms with E-state index in [0.717, 1.165) is 88.6 Å². The molecule has 0 unspecified atom stereocenters. The third kappa shape index (κ3) is 4.39.